The number of nitrogens with one attached hydrogen (secondary N) is 2. The van der Waals surface area contributed by atoms with Gasteiger partial charge in [-0.15, -0.1) is 0 Å². The molecule has 0 amide bonds. The molecular formula is C17H11Cl3N4. The number of benzene rings is 2. The third kappa shape index (κ3) is 2.67. The number of hydrogen-bond acceptors (Lipinski definition) is 2. The van der Waals surface area contributed by atoms with Crippen molar-refractivity contribution in [3.8, 4) is 22.8 Å². The highest BCUT2D eigenvalue weighted by Crippen LogP contribution is 2.30. The van der Waals surface area contributed by atoms with Gasteiger partial charge in [-0.3, -0.25) is 5.10 Å². The molecule has 2 aromatic heterocycles. The first-order valence-electron chi connectivity index (χ1n) is 7.18. The maximum atomic E-state index is 6.16. The molecule has 7 heteroatoms. The largest absolute Gasteiger partial charge is 0.337 e. The molecule has 4 rings (SSSR count). The fourth-order valence-electron chi connectivity index (χ4n) is 2.51. The molecule has 0 radical (unpaired) electrons. The number of hydrogen-bond donors (Lipinski definition) is 2. The summed E-state index contributed by atoms with van der Waals surface area (Å²) in [5, 5.41) is 9.02. The van der Waals surface area contributed by atoms with Gasteiger partial charge in [-0.1, -0.05) is 40.9 Å². The van der Waals surface area contributed by atoms with Crippen molar-refractivity contribution in [3.63, 3.8) is 0 Å². The van der Waals surface area contributed by atoms with E-state index in [1.807, 2.05) is 31.2 Å². The monoisotopic (exact) mass is 376 g/mol. The van der Waals surface area contributed by atoms with Gasteiger partial charge in [0.2, 0.25) is 0 Å². The van der Waals surface area contributed by atoms with E-state index in [1.165, 1.54) is 0 Å². The standard InChI is InChI=1S/C17H11Cl3N4/c1-8-4-14-15(6-11(8)19)22-17(21-14)16-7-13(23-24-16)9-2-3-10(18)12(20)5-9/h2-7H,1H3,(H,21,22)(H,23,24). The highest BCUT2D eigenvalue weighted by atomic mass is 35.5. The number of H-pyrrole nitrogens is 2. The van der Waals surface area contributed by atoms with Crippen molar-refractivity contribution in [2.75, 3.05) is 0 Å². The second-order valence-corrected chi connectivity index (χ2v) is 6.72. The van der Waals surface area contributed by atoms with E-state index < -0.39 is 0 Å². The van der Waals surface area contributed by atoms with Crippen LogP contribution in [0, 0.1) is 6.92 Å². The predicted molar refractivity (Wildman–Crippen MR) is 98.9 cm³/mol. The van der Waals surface area contributed by atoms with Crippen molar-refractivity contribution < 1.29 is 0 Å². The van der Waals surface area contributed by atoms with Crippen molar-refractivity contribution in [3.05, 3.63) is 57.0 Å². The van der Waals surface area contributed by atoms with Crippen LogP contribution in [0.4, 0.5) is 0 Å². The molecule has 0 unspecified atom stereocenters. The van der Waals surface area contributed by atoms with Gasteiger partial charge < -0.3 is 4.98 Å². The number of aryl methyl sites for hydroxylation is 1. The summed E-state index contributed by atoms with van der Waals surface area (Å²) in [5.74, 6) is 0.700. The highest BCUT2D eigenvalue weighted by Gasteiger charge is 2.12. The van der Waals surface area contributed by atoms with Crippen molar-refractivity contribution in [2.45, 2.75) is 6.92 Å². The summed E-state index contributed by atoms with van der Waals surface area (Å²) in [4.78, 5) is 7.84. The average molecular weight is 378 g/mol. The molecule has 2 heterocycles. The normalized spacial score (nSPS) is 11.3. The van der Waals surface area contributed by atoms with E-state index in [2.05, 4.69) is 20.2 Å². The Balaban J connectivity index is 1.75. The van der Waals surface area contributed by atoms with Gasteiger partial charge in [0, 0.05) is 10.6 Å². The molecule has 4 aromatic rings. The van der Waals surface area contributed by atoms with Crippen LogP contribution in [0.3, 0.4) is 0 Å². The van der Waals surface area contributed by atoms with Crippen molar-refractivity contribution in [2.24, 2.45) is 0 Å². The van der Waals surface area contributed by atoms with Gasteiger partial charge in [0.05, 0.1) is 26.8 Å². The van der Waals surface area contributed by atoms with Gasteiger partial charge in [0.1, 0.15) is 5.69 Å². The van der Waals surface area contributed by atoms with Crippen LogP contribution >= 0.6 is 34.8 Å². The summed E-state index contributed by atoms with van der Waals surface area (Å²) in [5.41, 5.74) is 5.16. The second-order valence-electron chi connectivity index (χ2n) is 5.50. The Bertz CT molecular complexity index is 1030. The zero-order valence-corrected chi connectivity index (χ0v) is 14.8. The maximum Gasteiger partial charge on any atom is 0.156 e. The maximum absolute atomic E-state index is 6.16. The third-order valence-corrected chi connectivity index (χ3v) is 4.96. The molecule has 0 aliphatic rings. The second kappa shape index (κ2) is 5.81. The van der Waals surface area contributed by atoms with Gasteiger partial charge >= 0.3 is 0 Å². The number of aromatic nitrogens is 4. The van der Waals surface area contributed by atoms with Crippen molar-refractivity contribution >= 4 is 45.8 Å². The molecule has 2 aromatic carbocycles. The molecule has 0 aliphatic heterocycles. The van der Waals surface area contributed by atoms with E-state index in [9.17, 15) is 0 Å². The van der Waals surface area contributed by atoms with Crippen molar-refractivity contribution in [1.82, 2.24) is 20.2 Å². The predicted octanol–water partition coefficient (Wildman–Crippen LogP) is 5.89. The van der Waals surface area contributed by atoms with E-state index in [1.54, 1.807) is 12.1 Å². The van der Waals surface area contributed by atoms with Crippen LogP contribution in [0.15, 0.2) is 36.4 Å². The zero-order chi connectivity index (χ0) is 16.8. The molecule has 0 bridgehead atoms. The van der Waals surface area contributed by atoms with E-state index >= 15 is 0 Å². The molecule has 0 spiro atoms. The average Bonchev–Trinajstić information content (AvgIpc) is 3.17. The summed E-state index contributed by atoms with van der Waals surface area (Å²) >= 11 is 18.2. The smallest absolute Gasteiger partial charge is 0.156 e. The molecule has 0 aliphatic carbocycles. The summed E-state index contributed by atoms with van der Waals surface area (Å²) < 4.78 is 0. The first kappa shape index (κ1) is 15.5. The fourth-order valence-corrected chi connectivity index (χ4v) is 2.97. The van der Waals surface area contributed by atoms with E-state index in [4.69, 9.17) is 34.8 Å². The Morgan fingerprint density at radius 2 is 1.75 bits per heavy atom. The van der Waals surface area contributed by atoms with Gasteiger partial charge in [-0.25, -0.2) is 4.98 Å². The number of aromatic amines is 2. The Morgan fingerprint density at radius 1 is 0.917 bits per heavy atom. The quantitative estimate of drug-likeness (QED) is 0.457. The minimum atomic E-state index is 0.493. The summed E-state index contributed by atoms with van der Waals surface area (Å²) in [7, 11) is 0. The lowest BCUT2D eigenvalue weighted by Crippen LogP contribution is -1.79. The van der Waals surface area contributed by atoms with Crippen LogP contribution in [0.2, 0.25) is 15.1 Å². The Morgan fingerprint density at radius 3 is 2.54 bits per heavy atom. The van der Waals surface area contributed by atoms with Gasteiger partial charge in [-0.2, -0.15) is 5.10 Å². The van der Waals surface area contributed by atoms with Crippen LogP contribution in [0.1, 0.15) is 5.56 Å². The number of rotatable bonds is 2. The first-order chi connectivity index (χ1) is 11.5. The minimum Gasteiger partial charge on any atom is -0.337 e. The SMILES string of the molecule is Cc1cc2[nH]c(-c3cc(-c4ccc(Cl)c(Cl)c4)n[nH]3)nc2cc1Cl. The Labute approximate surface area is 152 Å². The van der Waals surface area contributed by atoms with Gasteiger partial charge in [0.15, 0.2) is 5.82 Å². The molecule has 0 fully saturated rings. The topological polar surface area (TPSA) is 57.4 Å². The summed E-state index contributed by atoms with van der Waals surface area (Å²) in [6, 6.07) is 11.1. The van der Waals surface area contributed by atoms with E-state index in [0.29, 0.717) is 20.9 Å². The number of nitrogens with zero attached hydrogens (tertiary/aromatic N) is 2. The molecule has 0 saturated heterocycles. The first-order valence-corrected chi connectivity index (χ1v) is 8.32. The molecular weight excluding hydrogens is 367 g/mol. The number of fused-ring (bicyclic) bond motifs is 1. The van der Waals surface area contributed by atoms with Crippen molar-refractivity contribution in [1.29, 1.82) is 0 Å². The number of imidazole rings is 1. The molecule has 2 N–H and O–H groups in total. The molecule has 120 valence electrons. The minimum absolute atomic E-state index is 0.493. The third-order valence-electron chi connectivity index (χ3n) is 3.81. The number of halogens is 3. The molecule has 0 atom stereocenters. The summed E-state index contributed by atoms with van der Waals surface area (Å²) in [6.45, 7) is 1.96. The fraction of sp³-hybridized carbons (Fsp3) is 0.0588. The van der Waals surface area contributed by atoms with Crippen LogP contribution < -0.4 is 0 Å². The van der Waals surface area contributed by atoms with Crippen LogP contribution in [0.25, 0.3) is 33.8 Å². The lowest BCUT2D eigenvalue weighted by atomic mass is 10.1. The van der Waals surface area contributed by atoms with Crippen LogP contribution in [-0.4, -0.2) is 20.2 Å². The summed E-state index contributed by atoms with van der Waals surface area (Å²) in [6.07, 6.45) is 0. The molecule has 4 nitrogen and oxygen atoms in total. The van der Waals surface area contributed by atoms with E-state index in [0.717, 1.165) is 33.5 Å². The van der Waals surface area contributed by atoms with Gasteiger partial charge in [0.25, 0.3) is 0 Å². The zero-order valence-electron chi connectivity index (χ0n) is 12.5. The lowest BCUT2D eigenvalue weighted by molar-refractivity contribution is 1.09. The van der Waals surface area contributed by atoms with E-state index in [-0.39, 0.29) is 0 Å². The lowest BCUT2D eigenvalue weighted by Gasteiger charge is -1.98. The molecule has 0 saturated carbocycles. The van der Waals surface area contributed by atoms with Crippen LogP contribution in [0.5, 0.6) is 0 Å². The Kier molecular flexibility index (Phi) is 3.76. The highest BCUT2D eigenvalue weighted by molar-refractivity contribution is 6.42. The van der Waals surface area contributed by atoms with Crippen LogP contribution in [-0.2, 0) is 0 Å². The molecule has 24 heavy (non-hydrogen) atoms. The Hall–Kier alpha value is -2.01. The van der Waals surface area contributed by atoms with Gasteiger partial charge in [-0.05, 0) is 42.8 Å².